The van der Waals surface area contributed by atoms with E-state index in [-0.39, 0.29) is 11.3 Å². The molecule has 0 aliphatic heterocycles. The number of aromatic hydroxyl groups is 1. The maximum absolute atomic E-state index is 12.2. The van der Waals surface area contributed by atoms with Crippen LogP contribution in [0.25, 0.3) is 10.8 Å². The Morgan fingerprint density at radius 3 is 2.43 bits per heavy atom. The molecular weight excluding hydrogens is 356 g/mol. The van der Waals surface area contributed by atoms with E-state index in [1.165, 1.54) is 0 Å². The highest BCUT2D eigenvalue weighted by atomic mass is 79.9. The third-order valence-electron chi connectivity index (χ3n) is 3.38. The van der Waals surface area contributed by atoms with Crippen molar-refractivity contribution in [2.75, 3.05) is 0 Å². The maximum Gasteiger partial charge on any atom is 0.275 e. The third-order valence-corrected chi connectivity index (χ3v) is 4.11. The van der Waals surface area contributed by atoms with E-state index in [0.29, 0.717) is 0 Å². The number of phenols is 1. The van der Waals surface area contributed by atoms with Gasteiger partial charge in [0.2, 0.25) is 0 Å². The van der Waals surface area contributed by atoms with Gasteiger partial charge < -0.3 is 5.11 Å². The minimum Gasteiger partial charge on any atom is -0.507 e. The fourth-order valence-corrected chi connectivity index (χ4v) is 2.60. The zero-order chi connectivity index (χ0) is 16.2. The van der Waals surface area contributed by atoms with Gasteiger partial charge in [0.25, 0.3) is 5.91 Å². The van der Waals surface area contributed by atoms with Gasteiger partial charge >= 0.3 is 0 Å². The van der Waals surface area contributed by atoms with Crippen molar-refractivity contribution >= 4 is 38.8 Å². The molecule has 3 aromatic rings. The number of hydrazone groups is 1. The lowest BCUT2D eigenvalue weighted by Crippen LogP contribution is -2.17. The molecule has 114 valence electrons. The largest absolute Gasteiger partial charge is 0.507 e. The molecule has 0 atom stereocenters. The number of rotatable bonds is 3. The molecule has 4 nitrogen and oxygen atoms in total. The van der Waals surface area contributed by atoms with E-state index < -0.39 is 5.91 Å². The van der Waals surface area contributed by atoms with Crippen LogP contribution in [0.4, 0.5) is 0 Å². The van der Waals surface area contributed by atoms with Crippen LogP contribution >= 0.6 is 15.9 Å². The number of halogens is 1. The predicted octanol–water partition coefficient (Wildman–Crippen LogP) is 4.07. The zero-order valence-electron chi connectivity index (χ0n) is 12.0. The first-order valence-electron chi connectivity index (χ1n) is 6.95. The fraction of sp³-hybridized carbons (Fsp3) is 0. The topological polar surface area (TPSA) is 61.7 Å². The number of amides is 1. The molecule has 0 unspecified atom stereocenters. The lowest BCUT2D eigenvalue weighted by atomic mass is 10.1. The molecule has 5 heteroatoms. The smallest absolute Gasteiger partial charge is 0.275 e. The summed E-state index contributed by atoms with van der Waals surface area (Å²) in [4.78, 5) is 12.2. The van der Waals surface area contributed by atoms with Gasteiger partial charge in [0, 0.05) is 10.0 Å². The van der Waals surface area contributed by atoms with E-state index >= 15 is 0 Å². The number of phenolic OH excluding ortho intramolecular Hbond substituents is 1. The van der Waals surface area contributed by atoms with Crippen LogP contribution in [0.1, 0.15) is 15.9 Å². The number of carbonyl (C=O) groups is 1. The van der Waals surface area contributed by atoms with Gasteiger partial charge in [-0.1, -0.05) is 58.4 Å². The molecule has 0 aliphatic rings. The first kappa shape index (κ1) is 15.2. The Morgan fingerprint density at radius 2 is 1.70 bits per heavy atom. The quantitative estimate of drug-likeness (QED) is 0.540. The normalized spacial score (nSPS) is 11.0. The number of benzene rings is 3. The number of hydrogen-bond donors (Lipinski definition) is 2. The molecule has 0 fully saturated rings. The van der Waals surface area contributed by atoms with E-state index in [1.54, 1.807) is 18.3 Å². The summed E-state index contributed by atoms with van der Waals surface area (Å²) < 4.78 is 0.881. The number of fused-ring (bicyclic) bond motifs is 1. The molecule has 3 rings (SSSR count). The van der Waals surface area contributed by atoms with Crippen LogP contribution in [0.15, 0.2) is 70.2 Å². The Labute approximate surface area is 141 Å². The highest BCUT2D eigenvalue weighted by Crippen LogP contribution is 2.24. The van der Waals surface area contributed by atoms with Crippen LogP contribution < -0.4 is 5.43 Å². The van der Waals surface area contributed by atoms with Crippen LogP contribution in [0.5, 0.6) is 5.75 Å². The summed E-state index contributed by atoms with van der Waals surface area (Å²) in [5, 5.41) is 15.7. The average Bonchev–Trinajstić information content (AvgIpc) is 2.56. The lowest BCUT2D eigenvalue weighted by Gasteiger charge is -2.05. The Balaban J connectivity index is 1.81. The number of nitrogens with zero attached hydrogens (tertiary/aromatic N) is 1. The standard InChI is InChI=1S/C18H13BrN2O2/c19-16-8-4-3-7-14(16)11-20-21-18(23)15-9-12-5-1-2-6-13(12)10-17(15)22/h1-11,22H,(H,21,23)/b20-11+. The van der Waals surface area contributed by atoms with Crippen molar-refractivity contribution in [1.82, 2.24) is 5.43 Å². The monoisotopic (exact) mass is 368 g/mol. The second-order valence-corrected chi connectivity index (χ2v) is 5.79. The van der Waals surface area contributed by atoms with Crippen LogP contribution in [0, 0.1) is 0 Å². The van der Waals surface area contributed by atoms with Crippen molar-refractivity contribution in [3.8, 4) is 5.75 Å². The van der Waals surface area contributed by atoms with Crippen molar-refractivity contribution in [2.45, 2.75) is 0 Å². The first-order valence-corrected chi connectivity index (χ1v) is 7.74. The molecule has 0 aromatic heterocycles. The predicted molar refractivity (Wildman–Crippen MR) is 94.8 cm³/mol. The number of carbonyl (C=O) groups excluding carboxylic acids is 1. The molecule has 0 saturated heterocycles. The average molecular weight is 369 g/mol. The Kier molecular flexibility index (Phi) is 4.39. The van der Waals surface area contributed by atoms with Crippen LogP contribution in [-0.2, 0) is 0 Å². The Morgan fingerprint density at radius 1 is 1.04 bits per heavy atom. The van der Waals surface area contributed by atoms with Crippen molar-refractivity contribution in [2.24, 2.45) is 5.10 Å². The van der Waals surface area contributed by atoms with Gasteiger partial charge in [-0.2, -0.15) is 5.10 Å². The molecule has 0 spiro atoms. The molecule has 3 aromatic carbocycles. The summed E-state index contributed by atoms with van der Waals surface area (Å²) >= 11 is 3.40. The van der Waals surface area contributed by atoms with E-state index in [1.807, 2.05) is 48.5 Å². The second kappa shape index (κ2) is 6.62. The fourth-order valence-electron chi connectivity index (χ4n) is 2.21. The molecule has 0 saturated carbocycles. The minimum atomic E-state index is -0.462. The van der Waals surface area contributed by atoms with E-state index in [4.69, 9.17) is 0 Å². The van der Waals surface area contributed by atoms with Crippen molar-refractivity contribution in [3.63, 3.8) is 0 Å². The van der Waals surface area contributed by atoms with Crippen LogP contribution in [0.2, 0.25) is 0 Å². The summed E-state index contributed by atoms with van der Waals surface area (Å²) in [6, 6.07) is 18.3. The summed E-state index contributed by atoms with van der Waals surface area (Å²) in [5.74, 6) is -0.533. The van der Waals surface area contributed by atoms with Crippen LogP contribution in [-0.4, -0.2) is 17.2 Å². The Hall–Kier alpha value is -2.66. The lowest BCUT2D eigenvalue weighted by molar-refractivity contribution is 0.0952. The zero-order valence-corrected chi connectivity index (χ0v) is 13.6. The van der Waals surface area contributed by atoms with Crippen molar-refractivity contribution < 1.29 is 9.90 Å². The Bertz CT molecular complexity index is 906. The maximum atomic E-state index is 12.2. The van der Waals surface area contributed by atoms with E-state index in [0.717, 1.165) is 20.8 Å². The van der Waals surface area contributed by atoms with Gasteiger partial charge in [-0.25, -0.2) is 5.43 Å². The molecule has 0 aliphatic carbocycles. The summed E-state index contributed by atoms with van der Waals surface area (Å²) in [7, 11) is 0. The number of hydrogen-bond acceptors (Lipinski definition) is 3. The van der Waals surface area contributed by atoms with E-state index in [9.17, 15) is 9.90 Å². The van der Waals surface area contributed by atoms with Crippen LogP contribution in [0.3, 0.4) is 0 Å². The minimum absolute atomic E-state index is 0.0720. The molecular formula is C18H13BrN2O2. The summed E-state index contributed by atoms with van der Waals surface area (Å²) in [5.41, 5.74) is 3.46. The van der Waals surface area contributed by atoms with Gasteiger partial charge in [-0.15, -0.1) is 0 Å². The molecule has 0 bridgehead atoms. The van der Waals surface area contributed by atoms with Gasteiger partial charge in [-0.3, -0.25) is 4.79 Å². The number of nitrogens with one attached hydrogen (secondary N) is 1. The summed E-state index contributed by atoms with van der Waals surface area (Å²) in [6.45, 7) is 0. The third kappa shape index (κ3) is 3.40. The summed E-state index contributed by atoms with van der Waals surface area (Å²) in [6.07, 6.45) is 1.54. The van der Waals surface area contributed by atoms with Crippen molar-refractivity contribution in [3.05, 3.63) is 76.3 Å². The molecule has 0 radical (unpaired) electrons. The molecule has 1 amide bonds. The molecule has 0 heterocycles. The highest BCUT2D eigenvalue weighted by Gasteiger charge is 2.11. The second-order valence-electron chi connectivity index (χ2n) is 4.94. The van der Waals surface area contributed by atoms with E-state index in [2.05, 4.69) is 26.5 Å². The van der Waals surface area contributed by atoms with Crippen molar-refractivity contribution in [1.29, 1.82) is 0 Å². The van der Waals surface area contributed by atoms with Gasteiger partial charge in [0.05, 0.1) is 11.8 Å². The molecule has 2 N–H and O–H groups in total. The SMILES string of the molecule is O=C(N/N=C/c1ccccc1Br)c1cc2ccccc2cc1O. The van der Waals surface area contributed by atoms with Gasteiger partial charge in [0.1, 0.15) is 5.75 Å². The first-order chi connectivity index (χ1) is 11.1. The highest BCUT2D eigenvalue weighted by molar-refractivity contribution is 9.10. The van der Waals surface area contributed by atoms with Gasteiger partial charge in [-0.05, 0) is 29.0 Å². The van der Waals surface area contributed by atoms with Gasteiger partial charge in [0.15, 0.2) is 0 Å². The molecule has 23 heavy (non-hydrogen) atoms.